The number of aromatic nitrogens is 2. The standard InChI is InChI=1S/C16H9ClFN3O/c17-16-20-14-6-5-12(18)7-13(14)15(22)21(16)9-11-4-2-1-3-10(11)8-19/h1-7H,9H2. The Balaban J connectivity index is 2.19. The van der Waals surface area contributed by atoms with E-state index in [9.17, 15) is 9.18 Å². The zero-order valence-electron chi connectivity index (χ0n) is 11.3. The summed E-state index contributed by atoms with van der Waals surface area (Å²) < 4.78 is 14.6. The normalized spacial score (nSPS) is 10.6. The SMILES string of the molecule is N#Cc1ccccc1Cn1c(Cl)nc2ccc(F)cc2c1=O. The minimum Gasteiger partial charge on any atom is -0.278 e. The Morgan fingerprint density at radius 2 is 2.05 bits per heavy atom. The van der Waals surface area contributed by atoms with E-state index < -0.39 is 11.4 Å². The lowest BCUT2D eigenvalue weighted by Crippen LogP contribution is -2.23. The summed E-state index contributed by atoms with van der Waals surface area (Å²) in [6.07, 6.45) is 0. The summed E-state index contributed by atoms with van der Waals surface area (Å²) in [5.41, 5.74) is 0.986. The fourth-order valence-electron chi connectivity index (χ4n) is 2.24. The van der Waals surface area contributed by atoms with Gasteiger partial charge in [-0.1, -0.05) is 18.2 Å². The molecule has 0 atom stereocenters. The smallest absolute Gasteiger partial charge is 0.262 e. The van der Waals surface area contributed by atoms with Gasteiger partial charge in [-0.3, -0.25) is 9.36 Å². The lowest BCUT2D eigenvalue weighted by atomic mass is 10.1. The molecule has 0 N–H and O–H groups in total. The van der Waals surface area contributed by atoms with Gasteiger partial charge in [0.25, 0.3) is 5.56 Å². The highest BCUT2D eigenvalue weighted by Gasteiger charge is 2.12. The predicted molar refractivity (Wildman–Crippen MR) is 81.2 cm³/mol. The van der Waals surface area contributed by atoms with Gasteiger partial charge in [-0.25, -0.2) is 9.37 Å². The van der Waals surface area contributed by atoms with Crippen LogP contribution in [-0.4, -0.2) is 9.55 Å². The second-order valence-corrected chi connectivity index (χ2v) is 5.04. The molecule has 108 valence electrons. The van der Waals surface area contributed by atoms with Crippen LogP contribution in [0.25, 0.3) is 10.9 Å². The van der Waals surface area contributed by atoms with Crippen molar-refractivity contribution in [3.8, 4) is 6.07 Å². The first kappa shape index (κ1) is 14.2. The van der Waals surface area contributed by atoms with Crippen molar-refractivity contribution in [3.05, 3.63) is 75.0 Å². The highest BCUT2D eigenvalue weighted by atomic mass is 35.5. The number of nitriles is 1. The maximum absolute atomic E-state index is 13.3. The fraction of sp³-hybridized carbons (Fsp3) is 0.0625. The minimum absolute atomic E-state index is 0.00292. The van der Waals surface area contributed by atoms with Crippen molar-refractivity contribution in [1.82, 2.24) is 9.55 Å². The van der Waals surface area contributed by atoms with E-state index >= 15 is 0 Å². The van der Waals surface area contributed by atoms with Gasteiger partial charge in [0.05, 0.1) is 29.1 Å². The number of rotatable bonds is 2. The first-order valence-corrected chi connectivity index (χ1v) is 6.81. The summed E-state index contributed by atoms with van der Waals surface area (Å²) in [4.78, 5) is 16.6. The van der Waals surface area contributed by atoms with E-state index in [0.29, 0.717) is 16.6 Å². The summed E-state index contributed by atoms with van der Waals surface area (Å²) in [5, 5.41) is 9.26. The van der Waals surface area contributed by atoms with Gasteiger partial charge < -0.3 is 0 Å². The quantitative estimate of drug-likeness (QED) is 0.683. The van der Waals surface area contributed by atoms with Crippen LogP contribution < -0.4 is 5.56 Å². The molecule has 6 heteroatoms. The lowest BCUT2D eigenvalue weighted by molar-refractivity contribution is 0.629. The van der Waals surface area contributed by atoms with E-state index in [1.807, 2.05) is 0 Å². The molecular formula is C16H9ClFN3O. The van der Waals surface area contributed by atoms with Crippen molar-refractivity contribution < 1.29 is 4.39 Å². The molecule has 3 aromatic rings. The molecule has 22 heavy (non-hydrogen) atoms. The van der Waals surface area contributed by atoms with Gasteiger partial charge in [-0.2, -0.15) is 5.26 Å². The molecule has 3 rings (SSSR count). The van der Waals surface area contributed by atoms with Crippen LogP contribution in [0.1, 0.15) is 11.1 Å². The Hall–Kier alpha value is -2.71. The van der Waals surface area contributed by atoms with Gasteiger partial charge in [0.15, 0.2) is 0 Å². The Bertz CT molecular complexity index is 975. The zero-order chi connectivity index (χ0) is 15.7. The number of fused-ring (bicyclic) bond motifs is 1. The molecule has 1 aromatic heterocycles. The van der Waals surface area contributed by atoms with Crippen LogP contribution in [0.3, 0.4) is 0 Å². The molecule has 0 bridgehead atoms. The minimum atomic E-state index is -0.516. The molecule has 0 saturated carbocycles. The van der Waals surface area contributed by atoms with Crippen LogP contribution >= 0.6 is 11.6 Å². The van der Waals surface area contributed by atoms with Gasteiger partial charge in [-0.05, 0) is 41.4 Å². The van der Waals surface area contributed by atoms with Gasteiger partial charge >= 0.3 is 0 Å². The maximum Gasteiger partial charge on any atom is 0.262 e. The molecule has 0 amide bonds. The number of hydrogen-bond acceptors (Lipinski definition) is 3. The fourth-order valence-corrected chi connectivity index (χ4v) is 2.47. The van der Waals surface area contributed by atoms with Crippen LogP contribution in [0, 0.1) is 17.1 Å². The molecule has 0 radical (unpaired) electrons. The van der Waals surface area contributed by atoms with Crippen molar-refractivity contribution in [2.24, 2.45) is 0 Å². The molecule has 0 aliphatic carbocycles. The average molecular weight is 314 g/mol. The Labute approximate surface area is 130 Å². The van der Waals surface area contributed by atoms with Crippen molar-refractivity contribution in [2.75, 3.05) is 0 Å². The van der Waals surface area contributed by atoms with Gasteiger partial charge in [0.2, 0.25) is 5.28 Å². The third kappa shape index (κ3) is 2.45. The highest BCUT2D eigenvalue weighted by Crippen LogP contribution is 2.16. The molecule has 1 heterocycles. The summed E-state index contributed by atoms with van der Waals surface area (Å²) in [6.45, 7) is 0.0981. The summed E-state index contributed by atoms with van der Waals surface area (Å²) in [7, 11) is 0. The van der Waals surface area contributed by atoms with E-state index in [-0.39, 0.29) is 17.2 Å². The largest absolute Gasteiger partial charge is 0.278 e. The summed E-state index contributed by atoms with van der Waals surface area (Å²) in [6, 6.07) is 12.7. The number of halogens is 2. The zero-order valence-corrected chi connectivity index (χ0v) is 12.0. The summed E-state index contributed by atoms with van der Waals surface area (Å²) in [5.74, 6) is -0.516. The van der Waals surface area contributed by atoms with Crippen LogP contribution in [0.2, 0.25) is 5.28 Å². The summed E-state index contributed by atoms with van der Waals surface area (Å²) >= 11 is 6.07. The van der Waals surface area contributed by atoms with Crippen molar-refractivity contribution >= 4 is 22.5 Å². The van der Waals surface area contributed by atoms with Crippen molar-refractivity contribution in [2.45, 2.75) is 6.54 Å². The molecule has 0 unspecified atom stereocenters. The topological polar surface area (TPSA) is 58.7 Å². The molecule has 4 nitrogen and oxygen atoms in total. The monoisotopic (exact) mass is 313 g/mol. The molecule has 0 aliphatic heterocycles. The predicted octanol–water partition coefficient (Wildman–Crippen LogP) is 3.11. The third-order valence-electron chi connectivity index (χ3n) is 3.34. The van der Waals surface area contributed by atoms with Gasteiger partial charge in [0, 0.05) is 0 Å². The van der Waals surface area contributed by atoms with Crippen molar-refractivity contribution in [3.63, 3.8) is 0 Å². The number of hydrogen-bond donors (Lipinski definition) is 0. The molecule has 0 saturated heterocycles. The average Bonchev–Trinajstić information content (AvgIpc) is 2.52. The molecule has 0 fully saturated rings. The van der Waals surface area contributed by atoms with E-state index in [1.165, 1.54) is 16.7 Å². The highest BCUT2D eigenvalue weighted by molar-refractivity contribution is 6.28. The first-order chi connectivity index (χ1) is 10.6. The molecule has 0 aliphatic rings. The Morgan fingerprint density at radius 1 is 1.27 bits per heavy atom. The van der Waals surface area contributed by atoms with Crippen LogP contribution in [0.15, 0.2) is 47.3 Å². The molecule has 0 spiro atoms. The first-order valence-electron chi connectivity index (χ1n) is 6.44. The van der Waals surface area contributed by atoms with E-state index in [4.69, 9.17) is 16.9 Å². The van der Waals surface area contributed by atoms with Crippen LogP contribution in [-0.2, 0) is 6.54 Å². The second kappa shape index (κ2) is 5.58. The second-order valence-electron chi connectivity index (χ2n) is 4.70. The molecule has 2 aromatic carbocycles. The van der Waals surface area contributed by atoms with Gasteiger partial charge in [0.1, 0.15) is 5.82 Å². The molecular weight excluding hydrogens is 305 g/mol. The van der Waals surface area contributed by atoms with E-state index in [1.54, 1.807) is 24.3 Å². The Morgan fingerprint density at radius 3 is 2.82 bits per heavy atom. The maximum atomic E-state index is 13.3. The van der Waals surface area contributed by atoms with Gasteiger partial charge in [-0.15, -0.1) is 0 Å². The Kier molecular flexibility index (Phi) is 3.61. The van der Waals surface area contributed by atoms with Crippen molar-refractivity contribution in [1.29, 1.82) is 5.26 Å². The number of benzene rings is 2. The van der Waals surface area contributed by atoms with E-state index in [2.05, 4.69) is 11.1 Å². The third-order valence-corrected chi connectivity index (χ3v) is 3.62. The van der Waals surface area contributed by atoms with Crippen LogP contribution in [0.5, 0.6) is 0 Å². The van der Waals surface area contributed by atoms with Crippen LogP contribution in [0.4, 0.5) is 4.39 Å². The number of nitrogens with zero attached hydrogens (tertiary/aromatic N) is 3. The van der Waals surface area contributed by atoms with E-state index in [0.717, 1.165) is 6.07 Å². The lowest BCUT2D eigenvalue weighted by Gasteiger charge is -2.10.